The van der Waals surface area contributed by atoms with Crippen molar-refractivity contribution in [1.82, 2.24) is 19.9 Å². The Balaban J connectivity index is 1.51. The first-order valence-electron chi connectivity index (χ1n) is 10.8. The first kappa shape index (κ1) is 19.5. The molecular formula is C25H27N5O. The fourth-order valence-electron chi connectivity index (χ4n) is 4.43. The van der Waals surface area contributed by atoms with E-state index in [2.05, 4.69) is 82.0 Å². The van der Waals surface area contributed by atoms with Gasteiger partial charge in [0.05, 0.1) is 23.3 Å². The summed E-state index contributed by atoms with van der Waals surface area (Å²) in [5.41, 5.74) is 7.80. The van der Waals surface area contributed by atoms with Crippen molar-refractivity contribution >= 4 is 16.9 Å². The number of aryl methyl sites for hydroxylation is 1. The van der Waals surface area contributed by atoms with Crippen LogP contribution in [0.25, 0.3) is 22.2 Å². The summed E-state index contributed by atoms with van der Waals surface area (Å²) in [5, 5.41) is 0. The molecule has 0 atom stereocenters. The second-order valence-electron chi connectivity index (χ2n) is 8.51. The van der Waals surface area contributed by atoms with Gasteiger partial charge in [-0.3, -0.25) is 0 Å². The molecule has 0 fully saturated rings. The van der Waals surface area contributed by atoms with Crippen LogP contribution < -0.4 is 9.64 Å². The van der Waals surface area contributed by atoms with Gasteiger partial charge in [-0.1, -0.05) is 26.0 Å². The van der Waals surface area contributed by atoms with Crippen LogP contribution in [0.4, 0.5) is 5.82 Å². The Kier molecular flexibility index (Phi) is 4.85. The molecule has 0 bridgehead atoms. The number of ether oxygens (including phenoxy) is 1. The van der Waals surface area contributed by atoms with Crippen molar-refractivity contribution in [2.24, 2.45) is 0 Å². The monoisotopic (exact) mass is 413 g/mol. The number of rotatable bonds is 3. The van der Waals surface area contributed by atoms with Gasteiger partial charge >= 0.3 is 0 Å². The van der Waals surface area contributed by atoms with Crippen molar-refractivity contribution in [2.75, 3.05) is 18.1 Å². The van der Waals surface area contributed by atoms with Crippen molar-refractivity contribution in [2.45, 2.75) is 40.2 Å². The van der Waals surface area contributed by atoms with E-state index in [9.17, 15) is 0 Å². The van der Waals surface area contributed by atoms with Crippen LogP contribution in [-0.4, -0.2) is 33.1 Å². The van der Waals surface area contributed by atoms with Gasteiger partial charge in [0.15, 0.2) is 0 Å². The lowest BCUT2D eigenvalue weighted by Gasteiger charge is -2.24. The maximum Gasteiger partial charge on any atom is 0.135 e. The van der Waals surface area contributed by atoms with Gasteiger partial charge in [-0.05, 0) is 55.2 Å². The molecule has 1 N–H and O–H groups in total. The minimum absolute atomic E-state index is 0.366. The number of fused-ring (bicyclic) bond motifs is 2. The van der Waals surface area contributed by atoms with Crippen LogP contribution in [0.1, 0.15) is 42.4 Å². The first-order chi connectivity index (χ1) is 15.0. The number of aromatic amines is 1. The van der Waals surface area contributed by atoms with Gasteiger partial charge < -0.3 is 14.6 Å². The molecule has 0 unspecified atom stereocenters. The zero-order valence-electron chi connectivity index (χ0n) is 18.4. The molecule has 3 heterocycles. The quantitative estimate of drug-likeness (QED) is 0.503. The summed E-state index contributed by atoms with van der Waals surface area (Å²) in [6.45, 7) is 10.6. The third-order valence-electron chi connectivity index (χ3n) is 5.92. The van der Waals surface area contributed by atoms with Crippen LogP contribution >= 0.6 is 0 Å². The van der Waals surface area contributed by atoms with E-state index in [-0.39, 0.29) is 0 Å². The molecule has 0 saturated carbocycles. The highest BCUT2D eigenvalue weighted by molar-refractivity contribution is 5.82. The standard InChI is InChI=1S/C25H27N5O/c1-15(2)24-16(3)25(27-14-26-24)30-9-10-31-23-8-6-18(11-20(23)13-30)19-5-7-21-22(12-19)29-17(4)28-21/h5-8,11-12,14-15H,9-10,13H2,1-4H3,(H,28,29). The zero-order chi connectivity index (χ0) is 21.5. The highest BCUT2D eigenvalue weighted by atomic mass is 16.5. The largest absolute Gasteiger partial charge is 0.491 e. The topological polar surface area (TPSA) is 66.9 Å². The summed E-state index contributed by atoms with van der Waals surface area (Å²) >= 11 is 0. The van der Waals surface area contributed by atoms with Crippen molar-refractivity contribution in [3.05, 3.63) is 65.4 Å². The van der Waals surface area contributed by atoms with Crippen molar-refractivity contribution in [3.63, 3.8) is 0 Å². The van der Waals surface area contributed by atoms with Crippen LogP contribution in [0, 0.1) is 13.8 Å². The van der Waals surface area contributed by atoms with E-state index in [4.69, 9.17) is 4.74 Å². The number of hydrogen-bond donors (Lipinski definition) is 1. The second-order valence-corrected chi connectivity index (χ2v) is 8.51. The fraction of sp³-hybridized carbons (Fsp3) is 0.320. The molecule has 0 saturated heterocycles. The van der Waals surface area contributed by atoms with Gasteiger partial charge in [0.25, 0.3) is 0 Å². The van der Waals surface area contributed by atoms with Crippen molar-refractivity contribution in [3.8, 4) is 16.9 Å². The number of hydrogen-bond acceptors (Lipinski definition) is 5. The SMILES string of the molecule is Cc1nc2ccc(-c3ccc4c(c3)CN(c3ncnc(C(C)C)c3C)CCO4)cc2[nH]1. The van der Waals surface area contributed by atoms with Crippen LogP contribution in [-0.2, 0) is 6.54 Å². The van der Waals surface area contributed by atoms with Gasteiger partial charge in [0, 0.05) is 17.7 Å². The second kappa shape index (κ2) is 7.69. The Morgan fingerprint density at radius 3 is 2.68 bits per heavy atom. The number of imidazole rings is 1. The maximum atomic E-state index is 6.08. The van der Waals surface area contributed by atoms with E-state index in [0.29, 0.717) is 12.5 Å². The Morgan fingerprint density at radius 1 is 1.03 bits per heavy atom. The Hall–Kier alpha value is -3.41. The molecular weight excluding hydrogens is 386 g/mol. The molecule has 4 aromatic rings. The summed E-state index contributed by atoms with van der Waals surface area (Å²) in [6.07, 6.45) is 1.68. The molecule has 31 heavy (non-hydrogen) atoms. The Bertz CT molecular complexity index is 1260. The van der Waals surface area contributed by atoms with Gasteiger partial charge in [0.2, 0.25) is 0 Å². The van der Waals surface area contributed by atoms with E-state index in [0.717, 1.165) is 58.3 Å². The highest BCUT2D eigenvalue weighted by Crippen LogP contribution is 2.33. The molecule has 1 aliphatic heterocycles. The fourth-order valence-corrected chi connectivity index (χ4v) is 4.43. The summed E-state index contributed by atoms with van der Waals surface area (Å²) in [4.78, 5) is 19.3. The number of nitrogens with one attached hydrogen (secondary N) is 1. The molecule has 5 rings (SSSR count). The minimum Gasteiger partial charge on any atom is -0.491 e. The number of H-pyrrole nitrogens is 1. The van der Waals surface area contributed by atoms with E-state index in [1.54, 1.807) is 6.33 Å². The van der Waals surface area contributed by atoms with E-state index < -0.39 is 0 Å². The lowest BCUT2D eigenvalue weighted by Crippen LogP contribution is -2.27. The lowest BCUT2D eigenvalue weighted by atomic mass is 10.0. The normalized spacial score (nSPS) is 13.9. The summed E-state index contributed by atoms with van der Waals surface area (Å²) < 4.78 is 6.08. The number of nitrogens with zero attached hydrogens (tertiary/aromatic N) is 4. The van der Waals surface area contributed by atoms with Gasteiger partial charge in [-0.2, -0.15) is 0 Å². The van der Waals surface area contributed by atoms with Crippen molar-refractivity contribution < 1.29 is 4.74 Å². The number of anilines is 1. The summed E-state index contributed by atoms with van der Waals surface area (Å²) in [5.74, 6) is 3.24. The summed E-state index contributed by atoms with van der Waals surface area (Å²) in [6, 6.07) is 12.8. The Labute approximate surface area is 182 Å². The molecule has 0 spiro atoms. The smallest absolute Gasteiger partial charge is 0.135 e. The highest BCUT2D eigenvalue weighted by Gasteiger charge is 2.21. The predicted molar refractivity (Wildman–Crippen MR) is 124 cm³/mol. The molecule has 0 aliphatic carbocycles. The van der Waals surface area contributed by atoms with Crippen LogP contribution in [0.5, 0.6) is 5.75 Å². The van der Waals surface area contributed by atoms with Crippen molar-refractivity contribution in [1.29, 1.82) is 0 Å². The predicted octanol–water partition coefficient (Wildman–Crippen LogP) is 5.16. The molecule has 0 amide bonds. The first-order valence-corrected chi connectivity index (χ1v) is 10.8. The van der Waals surface area contributed by atoms with Crippen LogP contribution in [0.3, 0.4) is 0 Å². The lowest BCUT2D eigenvalue weighted by molar-refractivity contribution is 0.331. The average molecular weight is 414 g/mol. The third kappa shape index (κ3) is 3.63. The number of benzene rings is 2. The van der Waals surface area contributed by atoms with Gasteiger partial charge in [0.1, 0.15) is 30.3 Å². The Morgan fingerprint density at radius 2 is 1.84 bits per heavy atom. The average Bonchev–Trinajstić information content (AvgIpc) is 2.99. The van der Waals surface area contributed by atoms with E-state index in [1.165, 1.54) is 11.1 Å². The molecule has 6 nitrogen and oxygen atoms in total. The van der Waals surface area contributed by atoms with Gasteiger partial charge in [-0.15, -0.1) is 0 Å². The zero-order valence-corrected chi connectivity index (χ0v) is 18.4. The molecule has 0 radical (unpaired) electrons. The van der Waals surface area contributed by atoms with Crippen LogP contribution in [0.2, 0.25) is 0 Å². The summed E-state index contributed by atoms with van der Waals surface area (Å²) in [7, 11) is 0. The van der Waals surface area contributed by atoms with Gasteiger partial charge in [-0.25, -0.2) is 15.0 Å². The molecule has 2 aromatic carbocycles. The molecule has 2 aromatic heterocycles. The minimum atomic E-state index is 0.366. The van der Waals surface area contributed by atoms with E-state index in [1.807, 2.05) is 6.92 Å². The van der Waals surface area contributed by atoms with E-state index >= 15 is 0 Å². The molecule has 158 valence electrons. The third-order valence-corrected chi connectivity index (χ3v) is 5.92. The maximum absolute atomic E-state index is 6.08. The number of aromatic nitrogens is 4. The molecule has 6 heteroatoms. The van der Waals surface area contributed by atoms with Crippen LogP contribution in [0.15, 0.2) is 42.7 Å². The molecule has 1 aliphatic rings.